The third-order valence-corrected chi connectivity index (χ3v) is 2.43. The van der Waals surface area contributed by atoms with Crippen LogP contribution in [0.15, 0.2) is 6.20 Å². The molecule has 0 aliphatic heterocycles. The summed E-state index contributed by atoms with van der Waals surface area (Å²) in [6.45, 7) is 1.72. The van der Waals surface area contributed by atoms with Crippen LogP contribution in [0.25, 0.3) is 0 Å². The van der Waals surface area contributed by atoms with E-state index in [1.807, 2.05) is 13.2 Å². The maximum absolute atomic E-state index is 5.12. The molecule has 1 aromatic rings. The van der Waals surface area contributed by atoms with Crippen LogP contribution in [0.4, 0.5) is 0 Å². The second kappa shape index (κ2) is 6.46. The van der Waals surface area contributed by atoms with E-state index in [2.05, 4.69) is 21.5 Å². The molecule has 1 N–H and O–H groups in total. The van der Waals surface area contributed by atoms with Gasteiger partial charge < -0.3 is 5.32 Å². The van der Waals surface area contributed by atoms with Crippen molar-refractivity contribution in [2.24, 2.45) is 7.05 Å². The highest BCUT2D eigenvalue weighted by atomic mass is 32.2. The summed E-state index contributed by atoms with van der Waals surface area (Å²) < 4.78 is 1.70. The maximum Gasteiger partial charge on any atom is 0.0964 e. The molecule has 1 aromatic heterocycles. The average molecular weight is 210 g/mol. The van der Waals surface area contributed by atoms with Crippen LogP contribution in [0.1, 0.15) is 5.69 Å². The van der Waals surface area contributed by atoms with Crippen molar-refractivity contribution >= 4 is 11.8 Å². The van der Waals surface area contributed by atoms with Crippen LogP contribution in [0, 0.1) is 12.3 Å². The molecule has 1 heterocycles. The fraction of sp³-hybridized carbons (Fsp3) is 0.556. The number of nitrogens with zero attached hydrogens (tertiary/aromatic N) is 3. The summed E-state index contributed by atoms with van der Waals surface area (Å²) in [5, 5.41) is 11.1. The first kappa shape index (κ1) is 11.1. The SMILES string of the molecule is C#CCSCCNCc1cn(C)nn1. The van der Waals surface area contributed by atoms with E-state index in [4.69, 9.17) is 6.42 Å². The van der Waals surface area contributed by atoms with Crippen LogP contribution in [0.5, 0.6) is 0 Å². The molecule has 0 fully saturated rings. The topological polar surface area (TPSA) is 42.7 Å². The van der Waals surface area contributed by atoms with Crippen molar-refractivity contribution in [1.82, 2.24) is 20.3 Å². The quantitative estimate of drug-likeness (QED) is 0.541. The third-order valence-electron chi connectivity index (χ3n) is 1.56. The van der Waals surface area contributed by atoms with Crippen molar-refractivity contribution in [2.75, 3.05) is 18.1 Å². The lowest BCUT2D eigenvalue weighted by atomic mass is 10.5. The maximum atomic E-state index is 5.12. The Bertz CT molecular complexity index is 302. The molecule has 0 bridgehead atoms. The predicted molar refractivity (Wildman–Crippen MR) is 58.9 cm³/mol. The first-order chi connectivity index (χ1) is 6.83. The van der Waals surface area contributed by atoms with E-state index >= 15 is 0 Å². The van der Waals surface area contributed by atoms with Crippen molar-refractivity contribution in [3.8, 4) is 12.3 Å². The summed E-state index contributed by atoms with van der Waals surface area (Å²) >= 11 is 1.75. The van der Waals surface area contributed by atoms with Gasteiger partial charge in [-0.1, -0.05) is 11.1 Å². The molecule has 4 nitrogen and oxygen atoms in total. The first-order valence-corrected chi connectivity index (χ1v) is 5.55. The second-order valence-electron chi connectivity index (χ2n) is 2.82. The second-order valence-corrected chi connectivity index (χ2v) is 3.92. The highest BCUT2D eigenvalue weighted by Crippen LogP contribution is 1.96. The Morgan fingerprint density at radius 1 is 1.71 bits per heavy atom. The molecule has 0 radical (unpaired) electrons. The molecule has 0 saturated heterocycles. The Kier molecular flexibility index (Phi) is 5.12. The Labute approximate surface area is 88.5 Å². The van der Waals surface area contributed by atoms with Crippen LogP contribution in [0.3, 0.4) is 0 Å². The predicted octanol–water partition coefficient (Wildman–Crippen LogP) is 0.271. The Balaban J connectivity index is 2.02. The van der Waals surface area contributed by atoms with Gasteiger partial charge in [-0.15, -0.1) is 23.3 Å². The molecule has 14 heavy (non-hydrogen) atoms. The summed E-state index contributed by atoms with van der Waals surface area (Å²) in [5.41, 5.74) is 0.967. The molecule has 5 heteroatoms. The van der Waals surface area contributed by atoms with Gasteiger partial charge in [0.25, 0.3) is 0 Å². The monoisotopic (exact) mass is 210 g/mol. The number of hydrogen-bond donors (Lipinski definition) is 1. The van der Waals surface area contributed by atoms with Crippen LogP contribution in [-0.2, 0) is 13.6 Å². The molecule has 1 rings (SSSR count). The summed E-state index contributed by atoms with van der Waals surface area (Å²) in [6.07, 6.45) is 7.03. The average Bonchev–Trinajstić information content (AvgIpc) is 2.58. The lowest BCUT2D eigenvalue weighted by molar-refractivity contribution is 0.698. The minimum Gasteiger partial charge on any atom is -0.310 e. The smallest absolute Gasteiger partial charge is 0.0964 e. The molecule has 0 aromatic carbocycles. The molecule has 0 spiro atoms. The van der Waals surface area contributed by atoms with Crippen LogP contribution in [0.2, 0.25) is 0 Å². The Hall–Kier alpha value is -0.990. The van der Waals surface area contributed by atoms with Gasteiger partial charge in [-0.25, -0.2) is 0 Å². The van der Waals surface area contributed by atoms with Crippen LogP contribution < -0.4 is 5.32 Å². The summed E-state index contributed by atoms with van der Waals surface area (Å²) in [5.74, 6) is 4.41. The first-order valence-electron chi connectivity index (χ1n) is 4.40. The highest BCUT2D eigenvalue weighted by Gasteiger charge is 1.96. The van der Waals surface area contributed by atoms with E-state index in [0.717, 1.165) is 30.3 Å². The molecule has 0 saturated carbocycles. The van der Waals surface area contributed by atoms with E-state index in [0.29, 0.717) is 0 Å². The van der Waals surface area contributed by atoms with Crippen LogP contribution >= 0.6 is 11.8 Å². The van der Waals surface area contributed by atoms with E-state index < -0.39 is 0 Å². The van der Waals surface area contributed by atoms with Gasteiger partial charge >= 0.3 is 0 Å². The van der Waals surface area contributed by atoms with E-state index in [9.17, 15) is 0 Å². The van der Waals surface area contributed by atoms with Gasteiger partial charge in [0.05, 0.1) is 11.4 Å². The molecule has 0 amide bonds. The number of hydrogen-bond acceptors (Lipinski definition) is 4. The normalized spacial score (nSPS) is 10.0. The van der Waals surface area contributed by atoms with Gasteiger partial charge in [0, 0.05) is 32.1 Å². The molecule has 0 atom stereocenters. The fourth-order valence-corrected chi connectivity index (χ4v) is 1.52. The van der Waals surface area contributed by atoms with Gasteiger partial charge in [0.2, 0.25) is 0 Å². The van der Waals surface area contributed by atoms with E-state index in [-0.39, 0.29) is 0 Å². The minimum absolute atomic E-state index is 0.768. The van der Waals surface area contributed by atoms with Gasteiger partial charge in [0.1, 0.15) is 0 Å². The van der Waals surface area contributed by atoms with Crippen molar-refractivity contribution < 1.29 is 0 Å². The standard InChI is InChI=1S/C9H14N4S/c1-3-5-14-6-4-10-7-9-8-13(2)12-11-9/h1,8,10H,4-7H2,2H3. The number of rotatable bonds is 6. The van der Waals surface area contributed by atoms with Crippen molar-refractivity contribution in [1.29, 1.82) is 0 Å². The van der Waals surface area contributed by atoms with Gasteiger partial charge in [-0.2, -0.15) is 0 Å². The van der Waals surface area contributed by atoms with Gasteiger partial charge in [-0.05, 0) is 0 Å². The van der Waals surface area contributed by atoms with Crippen molar-refractivity contribution in [2.45, 2.75) is 6.54 Å². The van der Waals surface area contributed by atoms with Crippen molar-refractivity contribution in [3.05, 3.63) is 11.9 Å². The zero-order valence-electron chi connectivity index (χ0n) is 8.23. The molecule has 0 aliphatic rings. The zero-order chi connectivity index (χ0) is 10.2. The van der Waals surface area contributed by atoms with E-state index in [1.165, 1.54) is 0 Å². The number of thioether (sulfide) groups is 1. The third kappa shape index (κ3) is 4.30. The molecular formula is C9H14N4S. The summed E-state index contributed by atoms with van der Waals surface area (Å²) in [6, 6.07) is 0. The van der Waals surface area contributed by atoms with Crippen molar-refractivity contribution in [3.63, 3.8) is 0 Å². The molecule has 76 valence electrons. The van der Waals surface area contributed by atoms with E-state index in [1.54, 1.807) is 16.4 Å². The number of aryl methyl sites for hydroxylation is 1. The van der Waals surface area contributed by atoms with Gasteiger partial charge in [0.15, 0.2) is 0 Å². The molecule has 0 aliphatic carbocycles. The molecular weight excluding hydrogens is 196 g/mol. The Morgan fingerprint density at radius 2 is 2.57 bits per heavy atom. The lowest BCUT2D eigenvalue weighted by Gasteiger charge is -1.99. The Morgan fingerprint density at radius 3 is 3.21 bits per heavy atom. The highest BCUT2D eigenvalue weighted by molar-refractivity contribution is 7.99. The minimum atomic E-state index is 0.768. The van der Waals surface area contributed by atoms with Gasteiger partial charge in [-0.3, -0.25) is 4.68 Å². The lowest BCUT2D eigenvalue weighted by Crippen LogP contribution is -2.16. The number of aromatic nitrogens is 3. The number of nitrogens with one attached hydrogen (secondary N) is 1. The summed E-state index contributed by atoms with van der Waals surface area (Å²) in [7, 11) is 1.86. The summed E-state index contributed by atoms with van der Waals surface area (Å²) in [4.78, 5) is 0. The zero-order valence-corrected chi connectivity index (χ0v) is 9.05. The van der Waals surface area contributed by atoms with Crippen LogP contribution in [-0.4, -0.2) is 33.0 Å². The fourth-order valence-electron chi connectivity index (χ4n) is 0.968. The largest absolute Gasteiger partial charge is 0.310 e. The number of terminal acetylenes is 1. The molecule has 0 unspecified atom stereocenters.